The van der Waals surface area contributed by atoms with Gasteiger partial charge in [-0.25, -0.2) is 9.97 Å². The Bertz CT molecular complexity index is 575. The standard InChI is InChI=1S/C14H18N4O2/c1-4-20-9-13-17-10(8-12(15-2)18-13)14-11(19-3)6-5-7-16-14/h5-8H,4,9H2,1-3H3,(H,15,17,18). The molecular weight excluding hydrogens is 256 g/mol. The van der Waals surface area contributed by atoms with Gasteiger partial charge in [0.1, 0.15) is 23.9 Å². The Balaban J connectivity index is 2.44. The molecule has 106 valence electrons. The number of aromatic nitrogens is 3. The van der Waals surface area contributed by atoms with E-state index in [0.717, 1.165) is 5.82 Å². The number of nitrogens with one attached hydrogen (secondary N) is 1. The molecule has 0 aliphatic carbocycles. The van der Waals surface area contributed by atoms with E-state index >= 15 is 0 Å². The van der Waals surface area contributed by atoms with E-state index in [1.54, 1.807) is 13.3 Å². The number of pyridine rings is 1. The lowest BCUT2D eigenvalue weighted by molar-refractivity contribution is 0.128. The predicted octanol–water partition coefficient (Wildman–Crippen LogP) is 2.13. The third-order valence-electron chi connectivity index (χ3n) is 2.70. The van der Waals surface area contributed by atoms with Crippen LogP contribution in [0.3, 0.4) is 0 Å². The first-order chi connectivity index (χ1) is 9.78. The summed E-state index contributed by atoms with van der Waals surface area (Å²) in [5, 5.41) is 3.02. The van der Waals surface area contributed by atoms with Gasteiger partial charge in [-0.15, -0.1) is 0 Å². The molecule has 0 aliphatic rings. The number of anilines is 1. The van der Waals surface area contributed by atoms with Crippen LogP contribution in [0.25, 0.3) is 11.4 Å². The Hall–Kier alpha value is -2.21. The summed E-state index contributed by atoms with van der Waals surface area (Å²) in [5.41, 5.74) is 1.39. The van der Waals surface area contributed by atoms with Crippen LogP contribution in [0, 0.1) is 0 Å². The first kappa shape index (κ1) is 14.2. The summed E-state index contributed by atoms with van der Waals surface area (Å²) < 4.78 is 10.7. The molecule has 0 atom stereocenters. The average Bonchev–Trinajstić information content (AvgIpc) is 2.52. The van der Waals surface area contributed by atoms with Crippen LogP contribution in [0.1, 0.15) is 12.7 Å². The minimum absolute atomic E-state index is 0.369. The van der Waals surface area contributed by atoms with Crippen molar-refractivity contribution in [1.82, 2.24) is 15.0 Å². The molecule has 0 radical (unpaired) electrons. The van der Waals surface area contributed by atoms with E-state index in [0.29, 0.717) is 36.2 Å². The molecule has 2 rings (SSSR count). The van der Waals surface area contributed by atoms with Gasteiger partial charge in [0.2, 0.25) is 0 Å². The molecule has 0 unspecified atom stereocenters. The van der Waals surface area contributed by atoms with Crippen LogP contribution in [-0.2, 0) is 11.3 Å². The molecular formula is C14H18N4O2. The van der Waals surface area contributed by atoms with Crippen molar-refractivity contribution in [1.29, 1.82) is 0 Å². The van der Waals surface area contributed by atoms with Gasteiger partial charge in [0, 0.05) is 25.9 Å². The summed E-state index contributed by atoms with van der Waals surface area (Å²) in [5.74, 6) is 2.01. The molecule has 2 heterocycles. The third-order valence-corrected chi connectivity index (χ3v) is 2.70. The van der Waals surface area contributed by atoms with E-state index < -0.39 is 0 Å². The molecule has 20 heavy (non-hydrogen) atoms. The van der Waals surface area contributed by atoms with E-state index in [9.17, 15) is 0 Å². The second-order valence-electron chi connectivity index (χ2n) is 4.00. The van der Waals surface area contributed by atoms with E-state index in [1.807, 2.05) is 32.2 Å². The van der Waals surface area contributed by atoms with Crippen molar-refractivity contribution in [2.75, 3.05) is 26.1 Å². The van der Waals surface area contributed by atoms with Crippen molar-refractivity contribution in [3.8, 4) is 17.1 Å². The van der Waals surface area contributed by atoms with Crippen LogP contribution >= 0.6 is 0 Å². The summed E-state index contributed by atoms with van der Waals surface area (Å²) in [6, 6.07) is 5.51. The number of nitrogens with zero attached hydrogens (tertiary/aromatic N) is 3. The first-order valence-corrected chi connectivity index (χ1v) is 6.41. The van der Waals surface area contributed by atoms with Crippen molar-refractivity contribution in [2.45, 2.75) is 13.5 Å². The Morgan fingerprint density at radius 2 is 2.15 bits per heavy atom. The van der Waals surface area contributed by atoms with Crippen LogP contribution < -0.4 is 10.1 Å². The molecule has 0 aliphatic heterocycles. The second-order valence-corrected chi connectivity index (χ2v) is 4.00. The van der Waals surface area contributed by atoms with Gasteiger partial charge in [-0.05, 0) is 19.1 Å². The molecule has 6 heteroatoms. The normalized spacial score (nSPS) is 10.3. The highest BCUT2D eigenvalue weighted by Gasteiger charge is 2.11. The van der Waals surface area contributed by atoms with Gasteiger partial charge in [0.15, 0.2) is 5.82 Å². The number of methoxy groups -OCH3 is 1. The second kappa shape index (κ2) is 6.81. The van der Waals surface area contributed by atoms with Gasteiger partial charge in [-0.2, -0.15) is 0 Å². The Labute approximate surface area is 118 Å². The van der Waals surface area contributed by atoms with E-state index in [1.165, 1.54) is 0 Å². The predicted molar refractivity (Wildman–Crippen MR) is 76.7 cm³/mol. The monoisotopic (exact) mass is 274 g/mol. The summed E-state index contributed by atoms with van der Waals surface area (Å²) in [4.78, 5) is 13.2. The first-order valence-electron chi connectivity index (χ1n) is 6.41. The van der Waals surface area contributed by atoms with Gasteiger partial charge >= 0.3 is 0 Å². The summed E-state index contributed by atoms with van der Waals surface area (Å²) in [7, 11) is 3.42. The minimum Gasteiger partial charge on any atom is -0.494 e. The molecule has 1 N–H and O–H groups in total. The van der Waals surface area contributed by atoms with E-state index in [2.05, 4.69) is 20.3 Å². The summed E-state index contributed by atoms with van der Waals surface area (Å²) in [6.45, 7) is 2.92. The topological polar surface area (TPSA) is 69.2 Å². The van der Waals surface area contributed by atoms with Crippen LogP contribution in [0.4, 0.5) is 5.82 Å². The van der Waals surface area contributed by atoms with Gasteiger partial charge in [0.05, 0.1) is 12.8 Å². The zero-order valence-corrected chi connectivity index (χ0v) is 11.9. The van der Waals surface area contributed by atoms with Gasteiger partial charge < -0.3 is 14.8 Å². The average molecular weight is 274 g/mol. The lowest BCUT2D eigenvalue weighted by Gasteiger charge is -2.10. The Morgan fingerprint density at radius 3 is 2.85 bits per heavy atom. The van der Waals surface area contributed by atoms with Crippen LogP contribution in [0.5, 0.6) is 5.75 Å². The van der Waals surface area contributed by atoms with Crippen molar-refractivity contribution in [2.24, 2.45) is 0 Å². The van der Waals surface area contributed by atoms with Gasteiger partial charge in [-0.1, -0.05) is 0 Å². The number of ether oxygens (including phenoxy) is 2. The quantitative estimate of drug-likeness (QED) is 0.870. The molecule has 0 amide bonds. The highest BCUT2D eigenvalue weighted by Crippen LogP contribution is 2.26. The summed E-state index contributed by atoms with van der Waals surface area (Å²) >= 11 is 0. The minimum atomic E-state index is 0.369. The molecule has 0 fully saturated rings. The van der Waals surface area contributed by atoms with E-state index in [-0.39, 0.29) is 0 Å². The van der Waals surface area contributed by atoms with Gasteiger partial charge in [-0.3, -0.25) is 4.98 Å². The van der Waals surface area contributed by atoms with Crippen molar-refractivity contribution in [3.05, 3.63) is 30.2 Å². The fourth-order valence-electron chi connectivity index (χ4n) is 1.75. The van der Waals surface area contributed by atoms with Crippen LogP contribution in [0.2, 0.25) is 0 Å². The van der Waals surface area contributed by atoms with Crippen molar-refractivity contribution < 1.29 is 9.47 Å². The lowest BCUT2D eigenvalue weighted by atomic mass is 10.2. The zero-order valence-electron chi connectivity index (χ0n) is 11.9. The van der Waals surface area contributed by atoms with Crippen LogP contribution in [-0.4, -0.2) is 35.7 Å². The Kier molecular flexibility index (Phi) is 4.84. The van der Waals surface area contributed by atoms with Gasteiger partial charge in [0.25, 0.3) is 0 Å². The highest BCUT2D eigenvalue weighted by molar-refractivity contribution is 5.64. The molecule has 0 bridgehead atoms. The van der Waals surface area contributed by atoms with E-state index in [4.69, 9.17) is 9.47 Å². The Morgan fingerprint density at radius 1 is 1.30 bits per heavy atom. The maximum atomic E-state index is 5.36. The third kappa shape index (κ3) is 3.21. The number of rotatable bonds is 6. The molecule has 0 saturated heterocycles. The van der Waals surface area contributed by atoms with Crippen molar-refractivity contribution >= 4 is 5.82 Å². The number of hydrogen-bond acceptors (Lipinski definition) is 6. The number of hydrogen-bond donors (Lipinski definition) is 1. The maximum Gasteiger partial charge on any atom is 0.157 e. The fraction of sp³-hybridized carbons (Fsp3) is 0.357. The molecule has 2 aromatic rings. The smallest absolute Gasteiger partial charge is 0.157 e. The SMILES string of the molecule is CCOCc1nc(NC)cc(-c2ncccc2OC)n1. The molecule has 0 spiro atoms. The zero-order chi connectivity index (χ0) is 14.4. The molecule has 0 aromatic carbocycles. The molecule has 0 saturated carbocycles. The maximum absolute atomic E-state index is 5.36. The summed E-state index contributed by atoms with van der Waals surface area (Å²) in [6.07, 6.45) is 1.71. The van der Waals surface area contributed by atoms with Crippen LogP contribution in [0.15, 0.2) is 24.4 Å². The molecule has 6 nitrogen and oxygen atoms in total. The lowest BCUT2D eigenvalue weighted by Crippen LogP contribution is -2.05. The molecule has 2 aromatic heterocycles. The largest absolute Gasteiger partial charge is 0.494 e. The van der Waals surface area contributed by atoms with Crippen molar-refractivity contribution in [3.63, 3.8) is 0 Å². The highest BCUT2D eigenvalue weighted by atomic mass is 16.5. The fourth-order valence-corrected chi connectivity index (χ4v) is 1.75.